The first kappa shape index (κ1) is 14.1. The normalized spacial score (nSPS) is 19.9. The zero-order chi connectivity index (χ0) is 13.8. The fourth-order valence-electron chi connectivity index (χ4n) is 2.68. The van der Waals surface area contributed by atoms with Crippen LogP contribution in [0.3, 0.4) is 0 Å². The first-order valence-electron chi connectivity index (χ1n) is 6.37. The molecule has 0 N–H and O–H groups in total. The molecular formula is C14H19F2NO2. The molecule has 1 atom stereocenters. The number of methoxy groups -OCH3 is 2. The molecule has 1 aliphatic heterocycles. The van der Waals surface area contributed by atoms with Crippen LogP contribution < -0.4 is 9.47 Å². The summed E-state index contributed by atoms with van der Waals surface area (Å²) in [6.07, 6.45) is -1.40. The van der Waals surface area contributed by atoms with Crippen molar-refractivity contribution in [1.82, 2.24) is 4.90 Å². The molecular weight excluding hydrogens is 252 g/mol. The van der Waals surface area contributed by atoms with Crippen molar-refractivity contribution in [3.8, 4) is 11.5 Å². The van der Waals surface area contributed by atoms with Gasteiger partial charge in [0.15, 0.2) is 11.5 Å². The molecule has 19 heavy (non-hydrogen) atoms. The number of halogens is 2. The third-order valence-corrected chi connectivity index (χ3v) is 3.54. The maximum atomic E-state index is 12.4. The first-order chi connectivity index (χ1) is 9.15. The lowest BCUT2D eigenvalue weighted by Crippen LogP contribution is -2.26. The number of nitrogens with zero attached hydrogens (tertiary/aromatic N) is 1. The molecule has 1 aliphatic rings. The fraction of sp³-hybridized carbons (Fsp3) is 0.571. The van der Waals surface area contributed by atoms with Crippen LogP contribution in [0.15, 0.2) is 18.2 Å². The number of likely N-dealkylation sites (tertiary alicyclic amines) is 1. The number of rotatable bonds is 5. The van der Waals surface area contributed by atoms with Crippen molar-refractivity contribution in [3.05, 3.63) is 23.8 Å². The molecule has 1 aromatic carbocycles. The van der Waals surface area contributed by atoms with Crippen molar-refractivity contribution in [2.75, 3.05) is 33.9 Å². The van der Waals surface area contributed by atoms with E-state index in [1.807, 2.05) is 18.2 Å². The lowest BCUT2D eigenvalue weighted by atomic mass is 9.97. The van der Waals surface area contributed by atoms with Crippen molar-refractivity contribution in [1.29, 1.82) is 0 Å². The maximum absolute atomic E-state index is 12.4. The maximum Gasteiger partial charge on any atom is 0.251 e. The van der Waals surface area contributed by atoms with Gasteiger partial charge in [0.1, 0.15) is 0 Å². The molecule has 1 saturated heterocycles. The SMILES string of the molecule is COc1cccc([C@@H]2CCN(CC(F)F)C2)c1OC. The van der Waals surface area contributed by atoms with E-state index in [4.69, 9.17) is 9.47 Å². The molecule has 3 nitrogen and oxygen atoms in total. The molecule has 0 amide bonds. The van der Waals surface area contributed by atoms with Crippen LogP contribution in [0, 0.1) is 0 Å². The monoisotopic (exact) mass is 271 g/mol. The fourth-order valence-corrected chi connectivity index (χ4v) is 2.68. The molecule has 1 fully saturated rings. The Hall–Kier alpha value is -1.36. The Bertz CT molecular complexity index is 426. The van der Waals surface area contributed by atoms with Crippen LogP contribution >= 0.6 is 0 Å². The molecule has 0 aromatic heterocycles. The Morgan fingerprint density at radius 3 is 2.74 bits per heavy atom. The summed E-state index contributed by atoms with van der Waals surface area (Å²) in [5.41, 5.74) is 1.04. The summed E-state index contributed by atoms with van der Waals surface area (Å²) >= 11 is 0. The second-order valence-electron chi connectivity index (χ2n) is 4.72. The summed E-state index contributed by atoms with van der Waals surface area (Å²) in [5.74, 6) is 1.63. The van der Waals surface area contributed by atoms with Gasteiger partial charge >= 0.3 is 0 Å². The van der Waals surface area contributed by atoms with E-state index in [2.05, 4.69) is 0 Å². The molecule has 0 saturated carbocycles. The number of hydrogen-bond acceptors (Lipinski definition) is 3. The summed E-state index contributed by atoms with van der Waals surface area (Å²) < 4.78 is 35.5. The van der Waals surface area contributed by atoms with Gasteiger partial charge in [-0.15, -0.1) is 0 Å². The predicted molar refractivity (Wildman–Crippen MR) is 69.3 cm³/mol. The zero-order valence-corrected chi connectivity index (χ0v) is 11.2. The Morgan fingerprint density at radius 1 is 1.32 bits per heavy atom. The minimum atomic E-state index is -2.27. The standard InChI is InChI=1S/C14H19F2NO2/c1-18-12-5-3-4-11(14(12)19-2)10-6-7-17(8-10)9-13(15)16/h3-5,10,13H,6-9H2,1-2H3/t10-/m1/s1. The van der Waals surface area contributed by atoms with Gasteiger partial charge in [0, 0.05) is 18.0 Å². The van der Waals surface area contributed by atoms with E-state index in [0.29, 0.717) is 24.6 Å². The molecule has 1 heterocycles. The molecule has 0 radical (unpaired) electrons. The number of alkyl halides is 2. The summed E-state index contributed by atoms with van der Waals surface area (Å²) in [6, 6.07) is 5.73. The first-order valence-corrected chi connectivity index (χ1v) is 6.37. The lowest BCUT2D eigenvalue weighted by Gasteiger charge is -2.18. The third-order valence-electron chi connectivity index (χ3n) is 3.54. The van der Waals surface area contributed by atoms with Crippen LogP contribution in [0.1, 0.15) is 17.9 Å². The van der Waals surface area contributed by atoms with Gasteiger partial charge in [-0.05, 0) is 19.0 Å². The Kier molecular flexibility index (Phi) is 4.58. The van der Waals surface area contributed by atoms with Crippen LogP contribution in [-0.4, -0.2) is 45.2 Å². The number of ether oxygens (including phenoxy) is 2. The van der Waals surface area contributed by atoms with Crippen LogP contribution in [0.5, 0.6) is 11.5 Å². The van der Waals surface area contributed by atoms with Gasteiger partial charge in [-0.3, -0.25) is 4.90 Å². The van der Waals surface area contributed by atoms with Gasteiger partial charge in [0.2, 0.25) is 0 Å². The highest BCUT2D eigenvalue weighted by Gasteiger charge is 2.28. The van der Waals surface area contributed by atoms with Gasteiger partial charge in [0.05, 0.1) is 20.8 Å². The third kappa shape index (κ3) is 3.15. The van der Waals surface area contributed by atoms with Crippen LogP contribution in [0.4, 0.5) is 8.78 Å². The minimum Gasteiger partial charge on any atom is -0.493 e. The second kappa shape index (κ2) is 6.19. The summed E-state index contributed by atoms with van der Waals surface area (Å²) in [4.78, 5) is 1.80. The highest BCUT2D eigenvalue weighted by atomic mass is 19.3. The Balaban J connectivity index is 2.15. The Morgan fingerprint density at radius 2 is 2.11 bits per heavy atom. The zero-order valence-electron chi connectivity index (χ0n) is 11.2. The second-order valence-corrected chi connectivity index (χ2v) is 4.72. The van der Waals surface area contributed by atoms with Gasteiger partial charge in [-0.25, -0.2) is 8.78 Å². The molecule has 1 aromatic rings. The van der Waals surface area contributed by atoms with E-state index in [9.17, 15) is 8.78 Å². The number of hydrogen-bond donors (Lipinski definition) is 0. The average molecular weight is 271 g/mol. The van der Waals surface area contributed by atoms with E-state index in [-0.39, 0.29) is 12.5 Å². The van der Waals surface area contributed by atoms with E-state index >= 15 is 0 Å². The van der Waals surface area contributed by atoms with Crippen molar-refractivity contribution >= 4 is 0 Å². The quantitative estimate of drug-likeness (QED) is 0.822. The van der Waals surface area contributed by atoms with E-state index in [0.717, 1.165) is 12.0 Å². The van der Waals surface area contributed by atoms with Crippen LogP contribution in [-0.2, 0) is 0 Å². The molecule has 5 heteroatoms. The summed E-state index contributed by atoms with van der Waals surface area (Å²) in [5, 5.41) is 0. The molecule has 0 unspecified atom stereocenters. The smallest absolute Gasteiger partial charge is 0.251 e. The molecule has 2 rings (SSSR count). The van der Waals surface area contributed by atoms with Crippen molar-refractivity contribution in [3.63, 3.8) is 0 Å². The summed E-state index contributed by atoms with van der Waals surface area (Å²) in [6.45, 7) is 1.20. The largest absolute Gasteiger partial charge is 0.493 e. The number of para-hydroxylation sites is 1. The van der Waals surface area contributed by atoms with E-state index in [1.54, 1.807) is 19.1 Å². The van der Waals surface area contributed by atoms with Gasteiger partial charge in [-0.2, -0.15) is 0 Å². The molecule has 0 bridgehead atoms. The van der Waals surface area contributed by atoms with E-state index < -0.39 is 6.43 Å². The predicted octanol–water partition coefficient (Wildman–Crippen LogP) is 2.76. The van der Waals surface area contributed by atoms with Crippen molar-refractivity contribution < 1.29 is 18.3 Å². The molecule has 0 aliphatic carbocycles. The lowest BCUT2D eigenvalue weighted by molar-refractivity contribution is 0.0990. The number of benzene rings is 1. The van der Waals surface area contributed by atoms with Gasteiger partial charge < -0.3 is 9.47 Å². The van der Waals surface area contributed by atoms with Crippen LogP contribution in [0.25, 0.3) is 0 Å². The van der Waals surface area contributed by atoms with Crippen LogP contribution in [0.2, 0.25) is 0 Å². The summed E-state index contributed by atoms with van der Waals surface area (Å²) in [7, 11) is 3.20. The molecule has 106 valence electrons. The van der Waals surface area contributed by atoms with Crippen molar-refractivity contribution in [2.45, 2.75) is 18.8 Å². The van der Waals surface area contributed by atoms with Crippen molar-refractivity contribution in [2.24, 2.45) is 0 Å². The highest BCUT2D eigenvalue weighted by Crippen LogP contribution is 2.39. The topological polar surface area (TPSA) is 21.7 Å². The van der Waals surface area contributed by atoms with E-state index in [1.165, 1.54) is 0 Å². The average Bonchev–Trinajstić information content (AvgIpc) is 2.85. The molecule has 0 spiro atoms. The highest BCUT2D eigenvalue weighted by molar-refractivity contribution is 5.48. The Labute approximate surface area is 112 Å². The van der Waals surface area contributed by atoms with Gasteiger partial charge in [-0.1, -0.05) is 12.1 Å². The van der Waals surface area contributed by atoms with Gasteiger partial charge in [0.25, 0.3) is 6.43 Å². The minimum absolute atomic E-state index is 0.150.